The monoisotopic (exact) mass is 350 g/mol. The van der Waals surface area contributed by atoms with Gasteiger partial charge >= 0.3 is 0 Å². The first-order chi connectivity index (χ1) is 12.0. The van der Waals surface area contributed by atoms with Crippen molar-refractivity contribution in [1.29, 1.82) is 0 Å². The second-order valence-corrected chi connectivity index (χ2v) is 7.00. The van der Waals surface area contributed by atoms with Gasteiger partial charge in [-0.2, -0.15) is 0 Å². The molecule has 1 aliphatic rings. The number of nitrogens with zero attached hydrogens (tertiary/aromatic N) is 3. The summed E-state index contributed by atoms with van der Waals surface area (Å²) in [7, 11) is 7.64. The number of ether oxygens (including phenoxy) is 1. The van der Waals surface area contributed by atoms with Gasteiger partial charge in [0.1, 0.15) is 5.82 Å². The highest BCUT2D eigenvalue weighted by molar-refractivity contribution is 5.79. The van der Waals surface area contributed by atoms with Crippen molar-refractivity contribution in [3.05, 3.63) is 35.1 Å². The zero-order valence-electron chi connectivity index (χ0n) is 15.9. The lowest BCUT2D eigenvalue weighted by atomic mass is 10.1. The summed E-state index contributed by atoms with van der Waals surface area (Å²) < 4.78 is 19.5. The predicted octanol–water partition coefficient (Wildman–Crippen LogP) is 2.32. The average molecular weight is 350 g/mol. The molecule has 0 unspecified atom stereocenters. The van der Waals surface area contributed by atoms with Gasteiger partial charge in [-0.05, 0) is 50.6 Å². The lowest BCUT2D eigenvalue weighted by Crippen LogP contribution is -2.40. The molecule has 0 aromatic heterocycles. The van der Waals surface area contributed by atoms with Crippen molar-refractivity contribution in [2.24, 2.45) is 10.9 Å². The third-order valence-electron chi connectivity index (χ3n) is 4.24. The minimum atomic E-state index is -0.160. The number of hydrogen-bond acceptors (Lipinski definition) is 3. The van der Waals surface area contributed by atoms with Crippen LogP contribution in [0, 0.1) is 11.7 Å². The van der Waals surface area contributed by atoms with Crippen molar-refractivity contribution >= 4 is 5.96 Å². The molecule has 2 rings (SSSR count). The van der Waals surface area contributed by atoms with Crippen LogP contribution in [0.3, 0.4) is 0 Å². The number of rotatable bonds is 9. The molecular formula is C19H31FN4O. The van der Waals surface area contributed by atoms with Gasteiger partial charge in [-0.15, -0.1) is 0 Å². The molecule has 0 saturated heterocycles. The van der Waals surface area contributed by atoms with Crippen molar-refractivity contribution in [3.8, 4) is 0 Å². The molecule has 0 bridgehead atoms. The summed E-state index contributed by atoms with van der Waals surface area (Å²) in [5, 5.41) is 3.33. The predicted molar refractivity (Wildman–Crippen MR) is 100 cm³/mol. The lowest BCUT2D eigenvalue weighted by molar-refractivity contribution is 0.115. The molecule has 0 aliphatic heterocycles. The first-order valence-corrected chi connectivity index (χ1v) is 8.91. The SMILES string of the molecule is CN=C(NCc1ccc(F)c(CN(C)C)c1)N(C)CCOCC1CC1. The Morgan fingerprint density at radius 3 is 2.72 bits per heavy atom. The minimum Gasteiger partial charge on any atom is -0.379 e. The fourth-order valence-corrected chi connectivity index (χ4v) is 2.61. The summed E-state index contributed by atoms with van der Waals surface area (Å²) >= 11 is 0. The molecule has 0 spiro atoms. The Kier molecular flexibility index (Phi) is 7.65. The average Bonchev–Trinajstić information content (AvgIpc) is 3.39. The number of aliphatic imine (C=N–C) groups is 1. The van der Waals surface area contributed by atoms with E-state index in [2.05, 4.69) is 15.2 Å². The summed E-state index contributed by atoms with van der Waals surface area (Å²) in [5.41, 5.74) is 1.75. The molecule has 1 N–H and O–H groups in total. The normalized spacial score (nSPS) is 14.9. The molecule has 0 radical (unpaired) electrons. The van der Waals surface area contributed by atoms with Crippen LogP contribution in [0.2, 0.25) is 0 Å². The zero-order valence-corrected chi connectivity index (χ0v) is 15.9. The fourth-order valence-electron chi connectivity index (χ4n) is 2.61. The number of nitrogens with one attached hydrogen (secondary N) is 1. The highest BCUT2D eigenvalue weighted by atomic mass is 19.1. The van der Waals surface area contributed by atoms with Gasteiger partial charge in [-0.1, -0.05) is 6.07 Å². The quantitative estimate of drug-likeness (QED) is 0.422. The number of benzene rings is 1. The highest BCUT2D eigenvalue weighted by Crippen LogP contribution is 2.28. The van der Waals surface area contributed by atoms with Crippen LogP contribution in [0.25, 0.3) is 0 Å². The van der Waals surface area contributed by atoms with Crippen molar-refractivity contribution < 1.29 is 9.13 Å². The number of likely N-dealkylation sites (N-methyl/N-ethyl adjacent to an activating group) is 1. The number of halogens is 1. The van der Waals surface area contributed by atoms with Crippen molar-refractivity contribution in [1.82, 2.24) is 15.1 Å². The van der Waals surface area contributed by atoms with Gasteiger partial charge < -0.3 is 19.9 Å². The maximum atomic E-state index is 13.9. The Morgan fingerprint density at radius 2 is 2.08 bits per heavy atom. The Labute approximate surface area is 150 Å². The highest BCUT2D eigenvalue weighted by Gasteiger charge is 2.21. The minimum absolute atomic E-state index is 0.160. The van der Waals surface area contributed by atoms with Crippen LogP contribution in [-0.2, 0) is 17.8 Å². The van der Waals surface area contributed by atoms with Gasteiger partial charge in [0, 0.05) is 45.9 Å². The van der Waals surface area contributed by atoms with E-state index < -0.39 is 0 Å². The topological polar surface area (TPSA) is 40.1 Å². The van der Waals surface area contributed by atoms with E-state index >= 15 is 0 Å². The van der Waals surface area contributed by atoms with Crippen LogP contribution < -0.4 is 5.32 Å². The Balaban J connectivity index is 1.80. The number of guanidine groups is 1. The fraction of sp³-hybridized carbons (Fsp3) is 0.632. The van der Waals surface area contributed by atoms with Gasteiger partial charge in [0.25, 0.3) is 0 Å². The number of hydrogen-bond donors (Lipinski definition) is 1. The summed E-state index contributed by atoms with van der Waals surface area (Å²) in [6.45, 7) is 3.58. The molecule has 0 heterocycles. The second kappa shape index (κ2) is 9.73. The third-order valence-corrected chi connectivity index (χ3v) is 4.24. The zero-order chi connectivity index (χ0) is 18.2. The van der Waals surface area contributed by atoms with E-state index in [4.69, 9.17) is 4.74 Å². The van der Waals surface area contributed by atoms with Crippen LogP contribution in [-0.4, -0.2) is 63.7 Å². The van der Waals surface area contributed by atoms with Gasteiger partial charge in [-0.25, -0.2) is 4.39 Å². The standard InChI is InChI=1S/C19H31FN4O/c1-21-19(24(4)9-10-25-14-15-5-6-15)22-12-16-7-8-18(20)17(11-16)13-23(2)3/h7-8,11,15H,5-6,9-10,12-14H2,1-4H3,(H,21,22). The smallest absolute Gasteiger partial charge is 0.193 e. The Bertz CT molecular complexity index is 573. The molecule has 5 nitrogen and oxygen atoms in total. The Morgan fingerprint density at radius 1 is 1.32 bits per heavy atom. The summed E-state index contributed by atoms with van der Waals surface area (Å²) in [6, 6.07) is 5.26. The van der Waals surface area contributed by atoms with Gasteiger partial charge in [0.05, 0.1) is 6.61 Å². The van der Waals surface area contributed by atoms with Crippen LogP contribution in [0.15, 0.2) is 23.2 Å². The van der Waals surface area contributed by atoms with Crippen LogP contribution in [0.4, 0.5) is 4.39 Å². The van der Waals surface area contributed by atoms with Crippen LogP contribution in [0.1, 0.15) is 24.0 Å². The van der Waals surface area contributed by atoms with Gasteiger partial charge in [0.2, 0.25) is 0 Å². The molecule has 1 fully saturated rings. The van der Waals surface area contributed by atoms with E-state index in [9.17, 15) is 4.39 Å². The summed E-state index contributed by atoms with van der Waals surface area (Å²) in [5.74, 6) is 1.44. The molecule has 0 atom stereocenters. The molecule has 6 heteroatoms. The molecule has 1 saturated carbocycles. The first-order valence-electron chi connectivity index (χ1n) is 8.91. The van der Waals surface area contributed by atoms with E-state index in [1.807, 2.05) is 38.2 Å². The van der Waals surface area contributed by atoms with E-state index in [1.54, 1.807) is 7.05 Å². The van der Waals surface area contributed by atoms with E-state index in [0.717, 1.165) is 30.6 Å². The van der Waals surface area contributed by atoms with Gasteiger partial charge in [0.15, 0.2) is 5.96 Å². The van der Waals surface area contributed by atoms with Crippen molar-refractivity contribution in [3.63, 3.8) is 0 Å². The molecule has 1 aromatic rings. The van der Waals surface area contributed by atoms with Crippen LogP contribution >= 0.6 is 0 Å². The van der Waals surface area contributed by atoms with E-state index in [1.165, 1.54) is 18.9 Å². The first kappa shape index (κ1) is 19.7. The van der Waals surface area contributed by atoms with Crippen LogP contribution in [0.5, 0.6) is 0 Å². The van der Waals surface area contributed by atoms with E-state index in [0.29, 0.717) is 25.3 Å². The Hall–Kier alpha value is -1.66. The summed E-state index contributed by atoms with van der Waals surface area (Å²) in [6.07, 6.45) is 2.62. The molecular weight excluding hydrogens is 319 g/mol. The molecule has 1 aromatic carbocycles. The molecule has 25 heavy (non-hydrogen) atoms. The lowest BCUT2D eigenvalue weighted by Gasteiger charge is -2.22. The maximum absolute atomic E-state index is 13.9. The van der Waals surface area contributed by atoms with E-state index in [-0.39, 0.29) is 5.82 Å². The van der Waals surface area contributed by atoms with Crippen molar-refractivity contribution in [2.45, 2.75) is 25.9 Å². The molecule has 1 aliphatic carbocycles. The van der Waals surface area contributed by atoms with Gasteiger partial charge in [-0.3, -0.25) is 4.99 Å². The molecule has 140 valence electrons. The maximum Gasteiger partial charge on any atom is 0.193 e. The second-order valence-electron chi connectivity index (χ2n) is 7.00. The third kappa shape index (κ3) is 7.00. The summed E-state index contributed by atoms with van der Waals surface area (Å²) in [4.78, 5) is 8.33. The largest absolute Gasteiger partial charge is 0.379 e. The molecule has 0 amide bonds. The van der Waals surface area contributed by atoms with Crippen molar-refractivity contribution in [2.75, 3.05) is 47.9 Å².